The van der Waals surface area contributed by atoms with E-state index < -0.39 is 5.60 Å². The van der Waals surface area contributed by atoms with Crippen molar-refractivity contribution in [2.45, 2.75) is 32.9 Å². The van der Waals surface area contributed by atoms with Crippen LogP contribution in [0.25, 0.3) is 0 Å². The van der Waals surface area contributed by atoms with E-state index in [9.17, 15) is 4.79 Å². The van der Waals surface area contributed by atoms with Gasteiger partial charge >= 0.3 is 6.09 Å². The van der Waals surface area contributed by atoms with Crippen LogP contribution in [0, 0.1) is 0 Å². The zero-order valence-corrected chi connectivity index (χ0v) is 9.70. The van der Waals surface area contributed by atoms with Crippen LogP contribution in [-0.2, 0) is 11.3 Å². The van der Waals surface area contributed by atoms with Crippen molar-refractivity contribution in [1.29, 1.82) is 0 Å². The summed E-state index contributed by atoms with van der Waals surface area (Å²) in [4.78, 5) is 11.7. The topological polar surface area (TPSA) is 43.3 Å². The molecule has 0 atom stereocenters. The zero-order valence-electron chi connectivity index (χ0n) is 9.70. The predicted molar refractivity (Wildman–Crippen MR) is 58.8 cm³/mol. The summed E-state index contributed by atoms with van der Waals surface area (Å²) in [6.45, 7) is 6.21. The minimum Gasteiger partial charge on any atom is -0.443 e. The lowest BCUT2D eigenvalue weighted by Crippen LogP contribution is -2.28. The molecule has 0 aliphatic heterocycles. The zero-order chi connectivity index (χ0) is 11.5. The Morgan fingerprint density at radius 2 is 2.20 bits per heavy atom. The van der Waals surface area contributed by atoms with E-state index in [1.165, 1.54) is 4.57 Å². The van der Waals surface area contributed by atoms with E-state index in [1.54, 1.807) is 6.20 Å². The second-order valence-electron chi connectivity index (χ2n) is 4.38. The number of hydrogen-bond donors (Lipinski definition) is 1. The summed E-state index contributed by atoms with van der Waals surface area (Å²) in [5, 5.41) is 3.00. The third-order valence-electron chi connectivity index (χ3n) is 1.78. The first-order chi connectivity index (χ1) is 6.94. The van der Waals surface area contributed by atoms with Gasteiger partial charge in [0.2, 0.25) is 0 Å². The highest BCUT2D eigenvalue weighted by Crippen LogP contribution is 2.11. The minimum atomic E-state index is -0.460. The number of ether oxygens (including phenoxy) is 1. The monoisotopic (exact) mass is 210 g/mol. The van der Waals surface area contributed by atoms with Crippen molar-refractivity contribution in [3.8, 4) is 0 Å². The second-order valence-corrected chi connectivity index (χ2v) is 4.38. The molecule has 0 saturated heterocycles. The van der Waals surface area contributed by atoms with Gasteiger partial charge in [-0.15, -0.1) is 0 Å². The van der Waals surface area contributed by atoms with E-state index in [0.717, 1.165) is 5.69 Å². The molecular weight excluding hydrogens is 192 g/mol. The van der Waals surface area contributed by atoms with Gasteiger partial charge in [0.15, 0.2) is 0 Å². The lowest BCUT2D eigenvalue weighted by molar-refractivity contribution is 0.0532. The highest BCUT2D eigenvalue weighted by Gasteiger charge is 2.18. The van der Waals surface area contributed by atoms with Crippen LogP contribution in [0.5, 0.6) is 0 Å². The molecule has 84 valence electrons. The van der Waals surface area contributed by atoms with Crippen LogP contribution in [0.4, 0.5) is 4.79 Å². The molecule has 1 N–H and O–H groups in total. The quantitative estimate of drug-likeness (QED) is 0.811. The fourth-order valence-electron chi connectivity index (χ4n) is 1.23. The van der Waals surface area contributed by atoms with E-state index in [-0.39, 0.29) is 6.09 Å². The van der Waals surface area contributed by atoms with Crippen molar-refractivity contribution in [2.24, 2.45) is 0 Å². The van der Waals surface area contributed by atoms with E-state index in [2.05, 4.69) is 5.32 Å². The maximum Gasteiger partial charge on any atom is 0.418 e. The summed E-state index contributed by atoms with van der Waals surface area (Å²) in [6.07, 6.45) is 1.37. The lowest BCUT2D eigenvalue weighted by Gasteiger charge is -2.20. The Hall–Kier alpha value is -1.29. The smallest absolute Gasteiger partial charge is 0.418 e. The molecule has 1 heterocycles. The van der Waals surface area contributed by atoms with Crippen LogP contribution in [0.2, 0.25) is 0 Å². The van der Waals surface area contributed by atoms with Crippen molar-refractivity contribution in [3.63, 3.8) is 0 Å². The Kier molecular flexibility index (Phi) is 3.52. The Bertz CT molecular complexity index is 337. The SMILES string of the molecule is CNCc1cccn1C(=O)OC(C)(C)C. The van der Waals surface area contributed by atoms with Gasteiger partial charge in [0.1, 0.15) is 5.60 Å². The van der Waals surface area contributed by atoms with E-state index in [0.29, 0.717) is 6.54 Å². The first-order valence-corrected chi connectivity index (χ1v) is 4.98. The molecule has 1 aromatic heterocycles. The molecule has 0 fully saturated rings. The molecule has 0 aromatic carbocycles. The van der Waals surface area contributed by atoms with E-state index in [1.807, 2.05) is 40.0 Å². The van der Waals surface area contributed by atoms with Crippen molar-refractivity contribution >= 4 is 6.09 Å². The van der Waals surface area contributed by atoms with Gasteiger partial charge < -0.3 is 10.1 Å². The van der Waals surface area contributed by atoms with Crippen LogP contribution in [0.15, 0.2) is 18.3 Å². The average molecular weight is 210 g/mol. The van der Waals surface area contributed by atoms with Gasteiger partial charge in [-0.25, -0.2) is 4.79 Å². The molecule has 4 heteroatoms. The number of nitrogens with zero attached hydrogens (tertiary/aromatic N) is 1. The number of hydrogen-bond acceptors (Lipinski definition) is 3. The van der Waals surface area contributed by atoms with Crippen molar-refractivity contribution in [2.75, 3.05) is 7.05 Å². The Morgan fingerprint density at radius 1 is 1.53 bits per heavy atom. The maximum atomic E-state index is 11.7. The summed E-state index contributed by atoms with van der Waals surface area (Å²) in [7, 11) is 1.84. The molecule has 0 amide bonds. The second kappa shape index (κ2) is 4.49. The molecule has 0 unspecified atom stereocenters. The van der Waals surface area contributed by atoms with Gasteiger partial charge in [0.25, 0.3) is 0 Å². The first kappa shape index (κ1) is 11.8. The third kappa shape index (κ3) is 3.40. The molecule has 1 rings (SSSR count). The number of nitrogens with one attached hydrogen (secondary N) is 1. The van der Waals surface area contributed by atoms with Crippen molar-refractivity contribution in [3.05, 3.63) is 24.0 Å². The molecule has 0 bridgehead atoms. The number of rotatable bonds is 2. The molecular formula is C11H18N2O2. The molecule has 0 spiro atoms. The van der Waals surface area contributed by atoms with Gasteiger partial charge in [0.05, 0.1) is 0 Å². The molecule has 0 aliphatic rings. The molecule has 4 nitrogen and oxygen atoms in total. The highest BCUT2D eigenvalue weighted by atomic mass is 16.6. The van der Waals surface area contributed by atoms with Crippen molar-refractivity contribution < 1.29 is 9.53 Å². The van der Waals surface area contributed by atoms with Crippen LogP contribution in [-0.4, -0.2) is 23.3 Å². The fraction of sp³-hybridized carbons (Fsp3) is 0.545. The minimum absolute atomic E-state index is 0.335. The molecule has 0 radical (unpaired) electrons. The highest BCUT2D eigenvalue weighted by molar-refractivity contribution is 5.72. The largest absolute Gasteiger partial charge is 0.443 e. The van der Waals surface area contributed by atoms with Crippen LogP contribution in [0.3, 0.4) is 0 Å². The van der Waals surface area contributed by atoms with E-state index in [4.69, 9.17) is 4.74 Å². The summed E-state index contributed by atoms with van der Waals surface area (Å²) in [5.41, 5.74) is 0.435. The average Bonchev–Trinajstić information content (AvgIpc) is 2.49. The Labute approximate surface area is 90.2 Å². The van der Waals surface area contributed by atoms with E-state index >= 15 is 0 Å². The number of carbonyl (C=O) groups excluding carboxylic acids is 1. The Morgan fingerprint density at radius 3 is 2.73 bits per heavy atom. The van der Waals surface area contributed by atoms with Gasteiger partial charge in [-0.1, -0.05) is 0 Å². The van der Waals surface area contributed by atoms with Gasteiger partial charge in [-0.3, -0.25) is 4.57 Å². The van der Waals surface area contributed by atoms with Gasteiger partial charge in [-0.05, 0) is 40.0 Å². The van der Waals surface area contributed by atoms with Gasteiger partial charge in [0, 0.05) is 18.4 Å². The predicted octanol–water partition coefficient (Wildman–Crippen LogP) is 1.99. The van der Waals surface area contributed by atoms with Crippen LogP contribution in [0.1, 0.15) is 26.5 Å². The van der Waals surface area contributed by atoms with Gasteiger partial charge in [-0.2, -0.15) is 0 Å². The van der Waals surface area contributed by atoms with Crippen LogP contribution >= 0.6 is 0 Å². The maximum absolute atomic E-state index is 11.7. The Balaban J connectivity index is 2.77. The normalized spacial score (nSPS) is 11.5. The van der Waals surface area contributed by atoms with Crippen LogP contribution < -0.4 is 5.32 Å². The molecule has 0 saturated carbocycles. The summed E-state index contributed by atoms with van der Waals surface area (Å²) in [5.74, 6) is 0. The standard InChI is InChI=1S/C11H18N2O2/c1-11(2,3)15-10(14)13-7-5-6-9(13)8-12-4/h5-7,12H,8H2,1-4H3. The summed E-state index contributed by atoms with van der Waals surface area (Å²) in [6, 6.07) is 3.72. The third-order valence-corrected chi connectivity index (χ3v) is 1.78. The van der Waals surface area contributed by atoms with Crippen molar-refractivity contribution in [1.82, 2.24) is 9.88 Å². The number of aromatic nitrogens is 1. The molecule has 1 aromatic rings. The fourth-order valence-corrected chi connectivity index (χ4v) is 1.23. The molecule has 15 heavy (non-hydrogen) atoms. The summed E-state index contributed by atoms with van der Waals surface area (Å²) < 4.78 is 6.78. The lowest BCUT2D eigenvalue weighted by atomic mass is 10.2. The molecule has 0 aliphatic carbocycles. The number of carbonyl (C=O) groups is 1. The first-order valence-electron chi connectivity index (χ1n) is 4.98. The summed E-state index contributed by atoms with van der Waals surface area (Å²) >= 11 is 0.